The van der Waals surface area contributed by atoms with Gasteiger partial charge in [0.05, 0.1) is 6.54 Å². The Kier molecular flexibility index (Phi) is 7.36. The second kappa shape index (κ2) is 10.2. The van der Waals surface area contributed by atoms with Gasteiger partial charge in [-0.05, 0) is 49.2 Å². The Bertz CT molecular complexity index is 951. The van der Waals surface area contributed by atoms with Crippen molar-refractivity contribution >= 4 is 23.3 Å². The summed E-state index contributed by atoms with van der Waals surface area (Å²) in [5, 5.41) is 3.58. The first kappa shape index (κ1) is 21.0. The molecule has 29 heavy (non-hydrogen) atoms. The molecule has 0 spiro atoms. The Morgan fingerprint density at radius 2 is 1.93 bits per heavy atom. The van der Waals surface area contributed by atoms with E-state index in [0.717, 1.165) is 25.1 Å². The monoisotopic (exact) mass is 409 g/mol. The fourth-order valence-electron chi connectivity index (χ4n) is 3.32. The Hall–Kier alpha value is -2.72. The number of benzene rings is 2. The molecule has 3 rings (SSSR count). The zero-order chi connectivity index (χ0) is 20.6. The summed E-state index contributed by atoms with van der Waals surface area (Å²) in [6, 6.07) is 19.8. The summed E-state index contributed by atoms with van der Waals surface area (Å²) in [6.07, 6.45) is 4.07. The van der Waals surface area contributed by atoms with Crippen LogP contribution in [0.1, 0.15) is 36.6 Å². The number of anilines is 1. The fraction of sp³-hybridized carbons (Fsp3) is 0.292. The summed E-state index contributed by atoms with van der Waals surface area (Å²) in [7, 11) is 0. The number of nitrogens with one attached hydrogen (secondary N) is 1. The maximum Gasteiger partial charge on any atom is 0.322 e. The zero-order valence-electron chi connectivity index (χ0n) is 17.1. The van der Waals surface area contributed by atoms with Crippen LogP contribution in [0.3, 0.4) is 0 Å². The molecule has 1 aromatic heterocycles. The molecule has 1 heterocycles. The average molecular weight is 410 g/mol. The van der Waals surface area contributed by atoms with Gasteiger partial charge in [0, 0.05) is 35.7 Å². The van der Waals surface area contributed by atoms with Gasteiger partial charge in [0.2, 0.25) is 0 Å². The number of halogens is 1. The van der Waals surface area contributed by atoms with Crippen LogP contribution in [-0.4, -0.2) is 22.0 Å². The summed E-state index contributed by atoms with van der Waals surface area (Å²) in [5.41, 5.74) is 4.33. The Balaban J connectivity index is 1.73. The second-order valence-corrected chi connectivity index (χ2v) is 7.77. The number of carbonyl (C=O) groups excluding carboxylic acids is 1. The van der Waals surface area contributed by atoms with Crippen molar-refractivity contribution in [2.45, 2.75) is 39.8 Å². The Morgan fingerprint density at radius 1 is 1.10 bits per heavy atom. The minimum absolute atomic E-state index is 0.107. The molecule has 5 heteroatoms. The van der Waals surface area contributed by atoms with Crippen LogP contribution in [0.5, 0.6) is 0 Å². The molecule has 0 fully saturated rings. The quantitative estimate of drug-likeness (QED) is 0.463. The van der Waals surface area contributed by atoms with Crippen LogP contribution in [0.15, 0.2) is 66.9 Å². The normalized spacial score (nSPS) is 10.7. The predicted octanol–water partition coefficient (Wildman–Crippen LogP) is 6.33. The molecule has 0 aliphatic carbocycles. The molecule has 0 bridgehead atoms. The highest BCUT2D eigenvalue weighted by Crippen LogP contribution is 2.17. The first-order chi connectivity index (χ1) is 14.0. The van der Waals surface area contributed by atoms with Crippen LogP contribution in [0, 0.1) is 6.92 Å². The molecular weight excluding hydrogens is 382 g/mol. The van der Waals surface area contributed by atoms with Gasteiger partial charge in [-0.2, -0.15) is 0 Å². The van der Waals surface area contributed by atoms with Crippen LogP contribution < -0.4 is 5.32 Å². The van der Waals surface area contributed by atoms with Crippen molar-refractivity contribution in [1.82, 2.24) is 9.47 Å². The number of unbranched alkanes of at least 4 members (excludes halogenated alkanes) is 1. The van der Waals surface area contributed by atoms with Crippen LogP contribution in [-0.2, 0) is 13.1 Å². The highest BCUT2D eigenvalue weighted by Gasteiger charge is 2.16. The summed E-state index contributed by atoms with van der Waals surface area (Å²) in [5.74, 6) is 0. The molecule has 0 unspecified atom stereocenters. The number of nitrogens with zero attached hydrogens (tertiary/aromatic N) is 2. The van der Waals surface area contributed by atoms with E-state index in [1.165, 1.54) is 11.1 Å². The number of hydrogen-bond acceptors (Lipinski definition) is 1. The van der Waals surface area contributed by atoms with Gasteiger partial charge in [0.15, 0.2) is 0 Å². The number of aryl methyl sites for hydroxylation is 1. The molecule has 2 aromatic carbocycles. The molecule has 0 saturated carbocycles. The van der Waals surface area contributed by atoms with E-state index in [0.29, 0.717) is 23.8 Å². The molecule has 0 aliphatic heterocycles. The van der Waals surface area contributed by atoms with Crippen molar-refractivity contribution in [2.75, 3.05) is 11.9 Å². The first-order valence-electron chi connectivity index (χ1n) is 10.1. The largest absolute Gasteiger partial charge is 0.345 e. The molecule has 0 radical (unpaired) electrons. The first-order valence-corrected chi connectivity index (χ1v) is 10.4. The van der Waals surface area contributed by atoms with Gasteiger partial charge in [-0.1, -0.05) is 60.8 Å². The Morgan fingerprint density at radius 3 is 2.69 bits per heavy atom. The van der Waals surface area contributed by atoms with E-state index in [1.807, 2.05) is 23.1 Å². The van der Waals surface area contributed by atoms with E-state index in [4.69, 9.17) is 11.6 Å². The van der Waals surface area contributed by atoms with E-state index in [2.05, 4.69) is 60.3 Å². The van der Waals surface area contributed by atoms with E-state index < -0.39 is 0 Å². The third-order valence-electron chi connectivity index (χ3n) is 4.86. The molecule has 0 aliphatic rings. The topological polar surface area (TPSA) is 37.3 Å². The zero-order valence-corrected chi connectivity index (χ0v) is 17.8. The van der Waals surface area contributed by atoms with Crippen LogP contribution >= 0.6 is 11.6 Å². The summed E-state index contributed by atoms with van der Waals surface area (Å²) in [6.45, 7) is 6.30. The van der Waals surface area contributed by atoms with Crippen LogP contribution in [0.2, 0.25) is 5.02 Å². The number of hydrogen-bond donors (Lipinski definition) is 1. The lowest BCUT2D eigenvalue weighted by Gasteiger charge is -2.24. The van der Waals surface area contributed by atoms with Crippen molar-refractivity contribution in [3.63, 3.8) is 0 Å². The number of urea groups is 1. The molecular formula is C24H28ClN3O. The third-order valence-corrected chi connectivity index (χ3v) is 5.09. The summed E-state index contributed by atoms with van der Waals surface area (Å²) in [4.78, 5) is 14.8. The minimum Gasteiger partial charge on any atom is -0.345 e. The van der Waals surface area contributed by atoms with Crippen LogP contribution in [0.25, 0.3) is 0 Å². The second-order valence-electron chi connectivity index (χ2n) is 7.33. The van der Waals surface area contributed by atoms with E-state index in [9.17, 15) is 4.79 Å². The van der Waals surface area contributed by atoms with Crippen molar-refractivity contribution in [1.29, 1.82) is 0 Å². The van der Waals surface area contributed by atoms with Gasteiger partial charge in [0.1, 0.15) is 0 Å². The predicted molar refractivity (Wildman–Crippen MR) is 121 cm³/mol. The van der Waals surface area contributed by atoms with Crippen molar-refractivity contribution < 1.29 is 4.79 Å². The lowest BCUT2D eigenvalue weighted by atomic mass is 10.1. The number of aromatic nitrogens is 1. The maximum absolute atomic E-state index is 12.9. The van der Waals surface area contributed by atoms with Crippen LogP contribution in [0.4, 0.5) is 10.5 Å². The molecule has 152 valence electrons. The van der Waals surface area contributed by atoms with Crippen molar-refractivity contribution in [2.24, 2.45) is 0 Å². The van der Waals surface area contributed by atoms with Gasteiger partial charge in [0.25, 0.3) is 0 Å². The Labute approximate surface area is 178 Å². The van der Waals surface area contributed by atoms with E-state index >= 15 is 0 Å². The lowest BCUT2D eigenvalue weighted by Crippen LogP contribution is -2.36. The number of rotatable bonds is 8. The fourth-order valence-corrected chi connectivity index (χ4v) is 3.51. The van der Waals surface area contributed by atoms with Crippen molar-refractivity contribution in [3.05, 3.63) is 88.7 Å². The molecule has 3 aromatic rings. The standard InChI is InChI=1S/C24H28ClN3O/c1-3-4-13-28(24(29)26-22-11-6-10-21(25)16-22)18-23-12-7-14-27(23)17-20-9-5-8-19(2)15-20/h5-12,14-16H,3-4,13,17-18H2,1-2H3,(H,26,29). The molecule has 0 saturated heterocycles. The highest BCUT2D eigenvalue weighted by molar-refractivity contribution is 6.30. The van der Waals surface area contributed by atoms with E-state index in [1.54, 1.807) is 12.1 Å². The van der Waals surface area contributed by atoms with Gasteiger partial charge in [-0.25, -0.2) is 4.79 Å². The maximum atomic E-state index is 12.9. The third kappa shape index (κ3) is 6.13. The number of carbonyl (C=O) groups is 1. The van der Waals surface area contributed by atoms with Gasteiger partial charge >= 0.3 is 6.03 Å². The molecule has 0 atom stereocenters. The van der Waals surface area contributed by atoms with E-state index in [-0.39, 0.29) is 6.03 Å². The van der Waals surface area contributed by atoms with Gasteiger partial charge < -0.3 is 14.8 Å². The van der Waals surface area contributed by atoms with Gasteiger partial charge in [-0.15, -0.1) is 0 Å². The smallest absolute Gasteiger partial charge is 0.322 e. The highest BCUT2D eigenvalue weighted by atomic mass is 35.5. The average Bonchev–Trinajstić information content (AvgIpc) is 3.11. The minimum atomic E-state index is -0.107. The lowest BCUT2D eigenvalue weighted by molar-refractivity contribution is 0.207. The molecule has 4 nitrogen and oxygen atoms in total. The summed E-state index contributed by atoms with van der Waals surface area (Å²) >= 11 is 6.05. The molecule has 2 amide bonds. The number of amides is 2. The van der Waals surface area contributed by atoms with Gasteiger partial charge in [-0.3, -0.25) is 0 Å². The SMILES string of the molecule is CCCCN(Cc1cccn1Cc1cccc(C)c1)C(=O)Nc1cccc(Cl)c1. The summed E-state index contributed by atoms with van der Waals surface area (Å²) < 4.78 is 2.21. The molecule has 1 N–H and O–H groups in total. The van der Waals surface area contributed by atoms with Crippen molar-refractivity contribution in [3.8, 4) is 0 Å².